The number of benzene rings is 1. The van der Waals surface area contributed by atoms with Gasteiger partial charge in [-0.25, -0.2) is 0 Å². The zero-order chi connectivity index (χ0) is 19.8. The number of aromatic nitrogens is 1. The third kappa shape index (κ3) is 5.46. The molecule has 0 bridgehead atoms. The van der Waals surface area contributed by atoms with E-state index in [4.69, 9.17) is 16.1 Å². The van der Waals surface area contributed by atoms with E-state index in [0.717, 1.165) is 44.4 Å². The number of aliphatic imine (C=N–C) groups is 1. The van der Waals surface area contributed by atoms with Crippen LogP contribution in [-0.2, 0) is 6.54 Å². The monoisotopic (exact) mass is 404 g/mol. The number of hydrogen-bond donors (Lipinski definition) is 2. The maximum absolute atomic E-state index is 12.2. The Morgan fingerprint density at radius 1 is 1.18 bits per heavy atom. The average Bonchev–Trinajstić information content (AvgIpc) is 3.22. The quantitative estimate of drug-likeness (QED) is 0.430. The van der Waals surface area contributed by atoms with Crippen molar-refractivity contribution in [2.75, 3.05) is 46.3 Å². The third-order valence-electron chi connectivity index (χ3n) is 4.57. The van der Waals surface area contributed by atoms with Crippen molar-refractivity contribution in [3.63, 3.8) is 0 Å². The Balaban J connectivity index is 1.38. The lowest BCUT2D eigenvalue weighted by Crippen LogP contribution is -2.53. The first-order valence-electron chi connectivity index (χ1n) is 9.27. The summed E-state index contributed by atoms with van der Waals surface area (Å²) in [6.45, 7) is 5.47. The Morgan fingerprint density at radius 3 is 2.61 bits per heavy atom. The van der Waals surface area contributed by atoms with Crippen LogP contribution in [0.4, 0.5) is 0 Å². The fourth-order valence-corrected chi connectivity index (χ4v) is 3.31. The van der Waals surface area contributed by atoms with Gasteiger partial charge in [0.25, 0.3) is 5.91 Å². The van der Waals surface area contributed by atoms with Gasteiger partial charge in [-0.15, -0.1) is 0 Å². The minimum absolute atomic E-state index is 0.177. The molecule has 1 aliphatic rings. The summed E-state index contributed by atoms with van der Waals surface area (Å²) in [4.78, 5) is 21.1. The molecule has 0 radical (unpaired) electrons. The van der Waals surface area contributed by atoms with Crippen LogP contribution in [-0.4, -0.2) is 73.1 Å². The highest BCUT2D eigenvalue weighted by Crippen LogP contribution is 2.14. The van der Waals surface area contributed by atoms with E-state index in [0.29, 0.717) is 23.7 Å². The molecule has 0 saturated carbocycles. The summed E-state index contributed by atoms with van der Waals surface area (Å²) in [5, 5.41) is 10.6. The van der Waals surface area contributed by atoms with Crippen molar-refractivity contribution in [1.82, 2.24) is 25.6 Å². The van der Waals surface area contributed by atoms with Crippen LogP contribution in [0.3, 0.4) is 0 Å². The third-order valence-corrected chi connectivity index (χ3v) is 4.90. The largest absolute Gasteiger partial charge is 0.364 e. The van der Waals surface area contributed by atoms with Gasteiger partial charge in [-0.1, -0.05) is 28.9 Å². The number of amides is 1. The lowest BCUT2D eigenvalue weighted by atomic mass is 10.2. The van der Waals surface area contributed by atoms with Crippen molar-refractivity contribution in [3.8, 4) is 0 Å². The molecule has 3 rings (SSSR count). The zero-order valence-corrected chi connectivity index (χ0v) is 16.7. The summed E-state index contributed by atoms with van der Waals surface area (Å²) in [6.07, 6.45) is 1.60. The van der Waals surface area contributed by atoms with Crippen molar-refractivity contribution in [3.05, 3.63) is 52.9 Å². The second-order valence-electron chi connectivity index (χ2n) is 6.46. The van der Waals surface area contributed by atoms with E-state index in [9.17, 15) is 4.79 Å². The summed E-state index contributed by atoms with van der Waals surface area (Å²) in [7, 11) is 1.77. The first-order valence-corrected chi connectivity index (χ1v) is 9.65. The molecule has 2 aromatic rings. The molecule has 9 heteroatoms. The highest BCUT2D eigenvalue weighted by Gasteiger charge is 2.20. The maximum Gasteiger partial charge on any atom is 0.252 e. The van der Waals surface area contributed by atoms with Gasteiger partial charge in [0.05, 0.1) is 16.3 Å². The molecule has 2 N–H and O–H groups in total. The average molecular weight is 405 g/mol. The van der Waals surface area contributed by atoms with Gasteiger partial charge in [-0.2, -0.15) is 0 Å². The summed E-state index contributed by atoms with van der Waals surface area (Å²) in [5.74, 6) is 0.664. The molecule has 0 atom stereocenters. The fourth-order valence-electron chi connectivity index (χ4n) is 3.09. The Bertz CT molecular complexity index is 787. The minimum atomic E-state index is -0.177. The Labute approximate surface area is 169 Å². The van der Waals surface area contributed by atoms with E-state index >= 15 is 0 Å². The van der Waals surface area contributed by atoms with E-state index in [2.05, 4.69) is 30.6 Å². The van der Waals surface area contributed by atoms with Gasteiger partial charge in [-0.3, -0.25) is 14.7 Å². The Hall–Kier alpha value is -2.58. The van der Waals surface area contributed by atoms with E-state index in [1.54, 1.807) is 37.6 Å². The molecule has 1 aromatic carbocycles. The summed E-state index contributed by atoms with van der Waals surface area (Å²) >= 11 is 6.05. The predicted molar refractivity (Wildman–Crippen MR) is 108 cm³/mol. The van der Waals surface area contributed by atoms with Crippen molar-refractivity contribution < 1.29 is 9.32 Å². The van der Waals surface area contributed by atoms with E-state index in [1.165, 1.54) is 0 Å². The standard InChI is InChI=1S/C19H25ClN6O2/c1-21-19(23-8-7-22-18(27)16-4-2-3-5-17(16)20)26-11-9-25(10-12-26)14-15-6-13-28-24-15/h2-6,13H,7-12,14H2,1H3,(H,21,23)(H,22,27). The normalized spacial score (nSPS) is 15.5. The van der Waals surface area contributed by atoms with Gasteiger partial charge in [0.15, 0.2) is 5.96 Å². The van der Waals surface area contributed by atoms with Crippen molar-refractivity contribution in [1.29, 1.82) is 0 Å². The van der Waals surface area contributed by atoms with Gasteiger partial charge >= 0.3 is 0 Å². The van der Waals surface area contributed by atoms with Crippen LogP contribution in [0.1, 0.15) is 16.1 Å². The van der Waals surface area contributed by atoms with Crippen LogP contribution in [0.2, 0.25) is 5.02 Å². The number of nitrogens with one attached hydrogen (secondary N) is 2. The molecule has 150 valence electrons. The van der Waals surface area contributed by atoms with E-state index < -0.39 is 0 Å². The smallest absolute Gasteiger partial charge is 0.252 e. The van der Waals surface area contributed by atoms with Crippen molar-refractivity contribution in [2.45, 2.75) is 6.54 Å². The van der Waals surface area contributed by atoms with Crippen LogP contribution < -0.4 is 10.6 Å². The number of rotatable bonds is 6. The number of carbonyl (C=O) groups is 1. The number of guanidine groups is 1. The first-order chi connectivity index (χ1) is 13.7. The molecule has 0 aliphatic carbocycles. The number of hydrogen-bond acceptors (Lipinski definition) is 5. The molecule has 1 amide bonds. The molecule has 0 unspecified atom stereocenters. The molecule has 1 aliphatic heterocycles. The molecule has 0 spiro atoms. The molecular formula is C19H25ClN6O2. The first kappa shape index (κ1) is 20.2. The van der Waals surface area contributed by atoms with Crippen LogP contribution in [0.15, 0.2) is 46.1 Å². The van der Waals surface area contributed by atoms with Crippen molar-refractivity contribution >= 4 is 23.5 Å². The summed E-state index contributed by atoms with van der Waals surface area (Å²) in [6, 6.07) is 8.91. The summed E-state index contributed by atoms with van der Waals surface area (Å²) < 4.78 is 4.89. The van der Waals surface area contributed by atoms with Crippen molar-refractivity contribution in [2.24, 2.45) is 4.99 Å². The van der Waals surface area contributed by atoms with Gasteiger partial charge in [-0.05, 0) is 12.1 Å². The number of nitrogens with zero attached hydrogens (tertiary/aromatic N) is 4. The molecule has 1 fully saturated rings. The predicted octanol–water partition coefficient (Wildman–Crippen LogP) is 1.45. The van der Waals surface area contributed by atoms with E-state index in [-0.39, 0.29) is 5.91 Å². The molecule has 1 aromatic heterocycles. The molecule has 2 heterocycles. The molecular weight excluding hydrogens is 380 g/mol. The second-order valence-corrected chi connectivity index (χ2v) is 6.87. The topological polar surface area (TPSA) is 86.0 Å². The van der Waals surface area contributed by atoms with Gasteiger partial charge in [0.2, 0.25) is 0 Å². The van der Waals surface area contributed by atoms with Gasteiger partial charge < -0.3 is 20.1 Å². The second kappa shape index (κ2) is 10.1. The SMILES string of the molecule is CN=C(NCCNC(=O)c1ccccc1Cl)N1CCN(Cc2ccon2)CC1. The maximum atomic E-state index is 12.2. The summed E-state index contributed by atoms with van der Waals surface area (Å²) in [5.41, 5.74) is 1.43. The lowest BCUT2D eigenvalue weighted by Gasteiger charge is -2.36. The van der Waals surface area contributed by atoms with Gasteiger partial charge in [0.1, 0.15) is 6.26 Å². The molecule has 1 saturated heterocycles. The highest BCUT2D eigenvalue weighted by molar-refractivity contribution is 6.33. The van der Waals surface area contributed by atoms with Crippen LogP contribution in [0.5, 0.6) is 0 Å². The number of carbonyl (C=O) groups excluding carboxylic acids is 1. The highest BCUT2D eigenvalue weighted by atomic mass is 35.5. The molecule has 28 heavy (non-hydrogen) atoms. The number of halogens is 1. The number of piperazine rings is 1. The van der Waals surface area contributed by atoms with Gasteiger partial charge in [0, 0.05) is 58.9 Å². The zero-order valence-electron chi connectivity index (χ0n) is 15.9. The van der Waals surface area contributed by atoms with E-state index in [1.807, 2.05) is 6.07 Å². The Kier molecular flexibility index (Phi) is 7.27. The molecule has 8 nitrogen and oxygen atoms in total. The minimum Gasteiger partial charge on any atom is -0.364 e. The van der Waals surface area contributed by atoms with Crippen LogP contribution in [0.25, 0.3) is 0 Å². The Morgan fingerprint density at radius 2 is 1.93 bits per heavy atom. The van der Waals surface area contributed by atoms with Crippen LogP contribution >= 0.6 is 11.6 Å². The lowest BCUT2D eigenvalue weighted by molar-refractivity contribution is 0.0954. The fraction of sp³-hybridized carbons (Fsp3) is 0.421. The van der Waals surface area contributed by atoms with Crippen LogP contribution in [0, 0.1) is 0 Å².